The van der Waals surface area contributed by atoms with Crippen LogP contribution in [-0.4, -0.2) is 34.1 Å². The summed E-state index contributed by atoms with van der Waals surface area (Å²) < 4.78 is 20.6. The summed E-state index contributed by atoms with van der Waals surface area (Å²) in [5.41, 5.74) is 1.93. The van der Waals surface area contributed by atoms with Gasteiger partial charge in [-0.15, -0.1) is 0 Å². The Kier molecular flexibility index (Phi) is 4.92. The quantitative estimate of drug-likeness (QED) is 0.747. The van der Waals surface area contributed by atoms with Crippen LogP contribution in [-0.2, 0) is 13.0 Å². The van der Waals surface area contributed by atoms with E-state index in [0.717, 1.165) is 23.5 Å². The average molecular weight is 342 g/mol. The van der Waals surface area contributed by atoms with Crippen LogP contribution >= 0.6 is 0 Å². The Hall–Kier alpha value is -2.96. The van der Waals surface area contributed by atoms with Gasteiger partial charge in [-0.1, -0.05) is 0 Å². The summed E-state index contributed by atoms with van der Waals surface area (Å²) in [4.78, 5) is 21.1. The topological polar surface area (TPSA) is 69.0 Å². The molecule has 0 radical (unpaired) electrons. The van der Waals surface area contributed by atoms with Crippen LogP contribution in [0.15, 0.2) is 36.5 Å². The van der Waals surface area contributed by atoms with Crippen molar-refractivity contribution in [3.05, 3.63) is 53.7 Å². The molecular formula is C18H19FN4O2. The van der Waals surface area contributed by atoms with E-state index in [1.807, 2.05) is 23.6 Å². The normalized spacial score (nSPS) is 10.8. The molecule has 2 aromatic heterocycles. The maximum absolute atomic E-state index is 13.7. The number of imidazole rings is 1. The number of carbonyl (C=O) groups excluding carboxylic acids is 1. The van der Waals surface area contributed by atoms with E-state index >= 15 is 0 Å². The number of pyridine rings is 1. The number of rotatable bonds is 6. The number of amides is 1. The fraction of sp³-hybridized carbons (Fsp3) is 0.278. The molecule has 0 aliphatic heterocycles. The lowest BCUT2D eigenvalue weighted by Crippen LogP contribution is -2.26. The predicted octanol–water partition coefficient (Wildman–Crippen LogP) is 2.57. The SMILES string of the molecule is CCn1c(CCNC(=O)c2ccc(OC)c(F)c2)nc2cccnc21. The first-order valence-electron chi connectivity index (χ1n) is 8.06. The molecule has 0 aliphatic rings. The molecule has 0 unspecified atom stereocenters. The van der Waals surface area contributed by atoms with E-state index in [2.05, 4.69) is 15.3 Å². The lowest BCUT2D eigenvalue weighted by molar-refractivity contribution is 0.0953. The zero-order valence-electron chi connectivity index (χ0n) is 14.1. The summed E-state index contributed by atoms with van der Waals surface area (Å²) in [5, 5.41) is 2.79. The van der Waals surface area contributed by atoms with Gasteiger partial charge in [0, 0.05) is 31.3 Å². The van der Waals surface area contributed by atoms with Crippen LogP contribution in [0.4, 0.5) is 4.39 Å². The molecule has 6 nitrogen and oxygen atoms in total. The van der Waals surface area contributed by atoms with Crippen LogP contribution in [0.2, 0.25) is 0 Å². The first kappa shape index (κ1) is 16.9. The number of halogens is 1. The standard InChI is InChI=1S/C18H19FN4O2/c1-3-23-16(22-14-5-4-9-20-17(14)23)8-10-21-18(24)12-6-7-15(25-2)13(19)11-12/h4-7,9,11H,3,8,10H2,1-2H3,(H,21,24). The van der Waals surface area contributed by atoms with Gasteiger partial charge in [0.2, 0.25) is 0 Å². The molecule has 0 bridgehead atoms. The minimum atomic E-state index is -0.561. The van der Waals surface area contributed by atoms with Crippen molar-refractivity contribution < 1.29 is 13.9 Å². The highest BCUT2D eigenvalue weighted by molar-refractivity contribution is 5.94. The van der Waals surface area contributed by atoms with E-state index in [0.29, 0.717) is 13.0 Å². The summed E-state index contributed by atoms with van der Waals surface area (Å²) in [6.07, 6.45) is 2.30. The number of ether oxygens (including phenoxy) is 1. The molecule has 0 atom stereocenters. The highest BCUT2D eigenvalue weighted by Gasteiger charge is 2.12. The zero-order valence-corrected chi connectivity index (χ0v) is 14.1. The summed E-state index contributed by atoms with van der Waals surface area (Å²) >= 11 is 0. The van der Waals surface area contributed by atoms with Gasteiger partial charge >= 0.3 is 0 Å². The van der Waals surface area contributed by atoms with Gasteiger partial charge in [0.05, 0.1) is 7.11 Å². The van der Waals surface area contributed by atoms with Gasteiger partial charge in [0.25, 0.3) is 5.91 Å². The molecule has 0 spiro atoms. The molecule has 25 heavy (non-hydrogen) atoms. The van der Waals surface area contributed by atoms with E-state index in [-0.39, 0.29) is 17.2 Å². The van der Waals surface area contributed by atoms with E-state index in [1.54, 1.807) is 6.20 Å². The van der Waals surface area contributed by atoms with Gasteiger partial charge in [-0.2, -0.15) is 0 Å². The van der Waals surface area contributed by atoms with Crippen LogP contribution < -0.4 is 10.1 Å². The first-order valence-corrected chi connectivity index (χ1v) is 8.06. The monoisotopic (exact) mass is 342 g/mol. The Morgan fingerprint density at radius 2 is 2.20 bits per heavy atom. The number of carbonyl (C=O) groups is 1. The Morgan fingerprint density at radius 1 is 1.36 bits per heavy atom. The molecule has 0 fully saturated rings. The molecule has 3 aromatic rings. The molecule has 1 amide bonds. The summed E-state index contributed by atoms with van der Waals surface area (Å²) in [6, 6.07) is 7.89. The largest absolute Gasteiger partial charge is 0.494 e. The maximum atomic E-state index is 13.7. The Balaban J connectivity index is 1.66. The molecule has 2 heterocycles. The second kappa shape index (κ2) is 7.29. The van der Waals surface area contributed by atoms with Crippen molar-refractivity contribution in [1.82, 2.24) is 19.9 Å². The predicted molar refractivity (Wildman–Crippen MR) is 92.2 cm³/mol. The smallest absolute Gasteiger partial charge is 0.251 e. The number of hydrogen-bond donors (Lipinski definition) is 1. The number of benzene rings is 1. The second-order valence-electron chi connectivity index (χ2n) is 5.47. The van der Waals surface area contributed by atoms with Gasteiger partial charge in [-0.05, 0) is 37.3 Å². The van der Waals surface area contributed by atoms with Crippen LogP contribution in [0.5, 0.6) is 5.75 Å². The van der Waals surface area contributed by atoms with E-state index in [4.69, 9.17) is 4.74 Å². The maximum Gasteiger partial charge on any atom is 0.251 e. The van der Waals surface area contributed by atoms with Crippen LogP contribution in [0.3, 0.4) is 0 Å². The number of hydrogen-bond acceptors (Lipinski definition) is 4. The highest BCUT2D eigenvalue weighted by Crippen LogP contribution is 2.17. The third kappa shape index (κ3) is 3.45. The molecular weight excluding hydrogens is 323 g/mol. The summed E-state index contributed by atoms with van der Waals surface area (Å²) in [6.45, 7) is 3.17. The van der Waals surface area contributed by atoms with Gasteiger partial charge in [0.15, 0.2) is 17.2 Å². The molecule has 0 saturated carbocycles. The van der Waals surface area contributed by atoms with E-state index in [9.17, 15) is 9.18 Å². The number of aryl methyl sites for hydroxylation is 1. The number of nitrogens with one attached hydrogen (secondary N) is 1. The Morgan fingerprint density at radius 3 is 2.92 bits per heavy atom. The molecule has 7 heteroatoms. The molecule has 0 saturated heterocycles. The number of nitrogens with zero attached hydrogens (tertiary/aromatic N) is 3. The van der Waals surface area contributed by atoms with Gasteiger partial charge in [-0.25, -0.2) is 14.4 Å². The van der Waals surface area contributed by atoms with Crippen molar-refractivity contribution >= 4 is 17.1 Å². The highest BCUT2D eigenvalue weighted by atomic mass is 19.1. The minimum Gasteiger partial charge on any atom is -0.494 e. The van der Waals surface area contributed by atoms with Gasteiger partial charge in [0.1, 0.15) is 11.3 Å². The molecule has 0 aliphatic carbocycles. The number of methoxy groups -OCH3 is 1. The molecule has 1 N–H and O–H groups in total. The molecule has 1 aromatic carbocycles. The van der Waals surface area contributed by atoms with E-state index in [1.165, 1.54) is 25.3 Å². The Labute approximate surface area is 144 Å². The van der Waals surface area contributed by atoms with Crippen LogP contribution in [0.25, 0.3) is 11.2 Å². The average Bonchev–Trinajstić information content (AvgIpc) is 2.98. The molecule has 3 rings (SSSR count). The third-order valence-electron chi connectivity index (χ3n) is 3.95. The third-order valence-corrected chi connectivity index (χ3v) is 3.95. The molecule has 130 valence electrons. The Bertz CT molecular complexity index is 907. The number of fused-ring (bicyclic) bond motifs is 1. The minimum absolute atomic E-state index is 0.112. The van der Waals surface area contributed by atoms with Gasteiger partial charge in [-0.3, -0.25) is 4.79 Å². The van der Waals surface area contributed by atoms with Crippen LogP contribution in [0.1, 0.15) is 23.1 Å². The summed E-state index contributed by atoms with van der Waals surface area (Å²) in [5.74, 6) is 0.0750. The lowest BCUT2D eigenvalue weighted by Gasteiger charge is -2.08. The first-order chi connectivity index (χ1) is 12.1. The van der Waals surface area contributed by atoms with E-state index < -0.39 is 5.82 Å². The van der Waals surface area contributed by atoms with Crippen molar-refractivity contribution in [3.8, 4) is 5.75 Å². The zero-order chi connectivity index (χ0) is 17.8. The summed E-state index contributed by atoms with van der Waals surface area (Å²) in [7, 11) is 1.38. The fourth-order valence-corrected chi connectivity index (χ4v) is 2.73. The van der Waals surface area contributed by atoms with Crippen LogP contribution in [0, 0.1) is 5.82 Å². The number of aromatic nitrogens is 3. The van der Waals surface area contributed by atoms with Crippen molar-refractivity contribution in [2.75, 3.05) is 13.7 Å². The van der Waals surface area contributed by atoms with Crippen molar-refractivity contribution in [2.24, 2.45) is 0 Å². The van der Waals surface area contributed by atoms with Crippen molar-refractivity contribution in [1.29, 1.82) is 0 Å². The fourth-order valence-electron chi connectivity index (χ4n) is 2.73. The second-order valence-corrected chi connectivity index (χ2v) is 5.47. The van der Waals surface area contributed by atoms with Crippen molar-refractivity contribution in [3.63, 3.8) is 0 Å². The van der Waals surface area contributed by atoms with Crippen molar-refractivity contribution in [2.45, 2.75) is 19.9 Å². The van der Waals surface area contributed by atoms with Gasteiger partial charge < -0.3 is 14.6 Å². The lowest BCUT2D eigenvalue weighted by atomic mass is 10.2.